The van der Waals surface area contributed by atoms with Crippen LogP contribution in [0, 0.1) is 0 Å². The number of hydrogen-bond acceptors (Lipinski definition) is 3. The molecule has 4 rings (SSSR count). The third kappa shape index (κ3) is 2.81. The van der Waals surface area contributed by atoms with Crippen LogP contribution in [0.25, 0.3) is 21.7 Å². The van der Waals surface area contributed by atoms with Gasteiger partial charge in [-0.15, -0.1) is 0 Å². The number of H-pyrrole nitrogens is 1. The maximum atomic E-state index is 5.89. The average molecular weight is 335 g/mol. The number of benzene rings is 2. The van der Waals surface area contributed by atoms with Gasteiger partial charge < -0.3 is 14.6 Å². The van der Waals surface area contributed by atoms with Gasteiger partial charge in [-0.2, -0.15) is 0 Å². The van der Waals surface area contributed by atoms with E-state index in [-0.39, 0.29) is 0 Å². The Hall–Kier alpha value is -2.33. The minimum Gasteiger partial charge on any atom is -0.492 e. The summed E-state index contributed by atoms with van der Waals surface area (Å²) in [6, 6.07) is 11.0. The minimum atomic E-state index is 0.323. The molecule has 0 aliphatic carbocycles. The zero-order chi connectivity index (χ0) is 17.6. The number of aromatic amines is 1. The lowest BCUT2D eigenvalue weighted by molar-refractivity contribution is 0.261. The van der Waals surface area contributed by atoms with Crippen molar-refractivity contribution in [2.24, 2.45) is 4.99 Å². The fourth-order valence-corrected chi connectivity index (χ4v) is 3.54. The molecule has 0 radical (unpaired) electrons. The maximum absolute atomic E-state index is 5.89. The largest absolute Gasteiger partial charge is 0.492 e. The lowest BCUT2D eigenvalue weighted by Crippen LogP contribution is -2.19. The number of likely N-dealkylation sites (N-methyl/N-ethyl adjacent to an activating group) is 1. The van der Waals surface area contributed by atoms with Crippen molar-refractivity contribution in [2.45, 2.75) is 25.8 Å². The van der Waals surface area contributed by atoms with E-state index in [2.05, 4.69) is 73.2 Å². The monoisotopic (exact) mass is 335 g/mol. The van der Waals surface area contributed by atoms with Crippen LogP contribution in [0.15, 0.2) is 35.3 Å². The molecular formula is C21H25N3O. The minimum absolute atomic E-state index is 0.323. The molecule has 4 heteroatoms. The summed E-state index contributed by atoms with van der Waals surface area (Å²) < 4.78 is 5.89. The predicted octanol–water partition coefficient (Wildman–Crippen LogP) is 4.19. The van der Waals surface area contributed by atoms with E-state index in [0.717, 1.165) is 12.3 Å². The van der Waals surface area contributed by atoms with Crippen LogP contribution in [0.2, 0.25) is 0 Å². The Bertz CT molecular complexity index is 955. The van der Waals surface area contributed by atoms with Crippen molar-refractivity contribution in [3.8, 4) is 5.75 Å². The van der Waals surface area contributed by atoms with Gasteiger partial charge in [0.2, 0.25) is 0 Å². The first-order valence-electron chi connectivity index (χ1n) is 8.93. The lowest BCUT2D eigenvalue weighted by Gasteiger charge is -2.20. The smallest absolute Gasteiger partial charge is 0.120 e. The van der Waals surface area contributed by atoms with Crippen molar-refractivity contribution >= 4 is 27.9 Å². The first-order chi connectivity index (χ1) is 12.0. The number of fused-ring (bicyclic) bond motifs is 5. The highest BCUT2D eigenvalue weighted by molar-refractivity contribution is 6.15. The van der Waals surface area contributed by atoms with E-state index >= 15 is 0 Å². The fourth-order valence-electron chi connectivity index (χ4n) is 3.54. The van der Waals surface area contributed by atoms with Crippen LogP contribution in [0.3, 0.4) is 0 Å². The number of ether oxygens (including phenoxy) is 1. The molecule has 4 nitrogen and oxygen atoms in total. The second-order valence-electron chi connectivity index (χ2n) is 7.28. The van der Waals surface area contributed by atoms with Gasteiger partial charge in [-0.3, -0.25) is 4.99 Å². The van der Waals surface area contributed by atoms with Gasteiger partial charge in [0.05, 0.1) is 6.04 Å². The van der Waals surface area contributed by atoms with Crippen molar-refractivity contribution in [3.05, 3.63) is 41.6 Å². The van der Waals surface area contributed by atoms with Crippen LogP contribution in [0.5, 0.6) is 5.75 Å². The molecule has 0 saturated carbocycles. The third-order valence-corrected chi connectivity index (χ3v) is 5.25. The van der Waals surface area contributed by atoms with Crippen molar-refractivity contribution in [2.75, 3.05) is 27.2 Å². The van der Waals surface area contributed by atoms with E-state index in [4.69, 9.17) is 4.74 Å². The maximum Gasteiger partial charge on any atom is 0.120 e. The number of hydrogen-bond donors (Lipinski definition) is 1. The van der Waals surface area contributed by atoms with Crippen LogP contribution >= 0.6 is 0 Å². The second kappa shape index (κ2) is 6.19. The quantitative estimate of drug-likeness (QED) is 0.777. The molecule has 0 amide bonds. The molecule has 1 N–H and O–H groups in total. The molecular weight excluding hydrogens is 310 g/mol. The Morgan fingerprint density at radius 2 is 2.00 bits per heavy atom. The zero-order valence-electron chi connectivity index (χ0n) is 15.3. The summed E-state index contributed by atoms with van der Waals surface area (Å²) in [5.74, 6) is 1.34. The number of nitrogens with zero attached hydrogens (tertiary/aromatic N) is 2. The van der Waals surface area contributed by atoms with Gasteiger partial charge in [-0.1, -0.05) is 13.0 Å². The van der Waals surface area contributed by atoms with Gasteiger partial charge >= 0.3 is 0 Å². The Balaban J connectivity index is 1.77. The molecule has 2 aromatic carbocycles. The van der Waals surface area contributed by atoms with Crippen LogP contribution in [-0.4, -0.2) is 49.4 Å². The van der Waals surface area contributed by atoms with Crippen molar-refractivity contribution < 1.29 is 4.74 Å². The summed E-state index contributed by atoms with van der Waals surface area (Å²) in [6.45, 7) is 6.02. The van der Waals surface area contributed by atoms with Gasteiger partial charge in [0.25, 0.3) is 0 Å². The van der Waals surface area contributed by atoms with Gasteiger partial charge in [-0.25, -0.2) is 0 Å². The molecule has 0 fully saturated rings. The summed E-state index contributed by atoms with van der Waals surface area (Å²) >= 11 is 0. The summed E-state index contributed by atoms with van der Waals surface area (Å²) in [6.07, 6.45) is 2.04. The average Bonchev–Trinajstić information content (AvgIpc) is 2.97. The van der Waals surface area contributed by atoms with Crippen LogP contribution in [-0.2, 0) is 0 Å². The number of rotatable bonds is 4. The molecule has 2 unspecified atom stereocenters. The van der Waals surface area contributed by atoms with Crippen molar-refractivity contribution in [3.63, 3.8) is 0 Å². The Labute approximate surface area is 148 Å². The van der Waals surface area contributed by atoms with Gasteiger partial charge in [0, 0.05) is 40.8 Å². The molecule has 0 spiro atoms. The van der Waals surface area contributed by atoms with Gasteiger partial charge in [-0.05, 0) is 56.1 Å². The normalized spacial score (nSPS) is 19.7. The summed E-state index contributed by atoms with van der Waals surface area (Å²) in [5.41, 5.74) is 3.73. The highest BCUT2D eigenvalue weighted by Crippen LogP contribution is 2.37. The molecule has 3 aromatic rings. The summed E-state index contributed by atoms with van der Waals surface area (Å²) in [4.78, 5) is 10.4. The Morgan fingerprint density at radius 3 is 2.80 bits per heavy atom. The standard InChI is InChI=1S/C21H25N3O/c1-13-14(2)22-12-18-20-17-7-6-16(25-10-9-24(3)4)11-15(17)5-8-19(20)23-21(13)18/h5-8,11-14,23H,9-10H2,1-4H3. The topological polar surface area (TPSA) is 40.6 Å². The molecule has 1 aliphatic rings. The number of aromatic nitrogens is 1. The van der Waals surface area contributed by atoms with Gasteiger partial charge in [0.1, 0.15) is 12.4 Å². The third-order valence-electron chi connectivity index (χ3n) is 5.25. The van der Waals surface area contributed by atoms with E-state index in [0.29, 0.717) is 18.6 Å². The highest BCUT2D eigenvalue weighted by Gasteiger charge is 2.24. The van der Waals surface area contributed by atoms with Gasteiger partial charge in [0.15, 0.2) is 0 Å². The molecule has 0 saturated heterocycles. The van der Waals surface area contributed by atoms with Crippen LogP contribution in [0.4, 0.5) is 0 Å². The molecule has 130 valence electrons. The van der Waals surface area contributed by atoms with E-state index in [1.807, 2.05) is 6.21 Å². The van der Waals surface area contributed by atoms with Crippen molar-refractivity contribution in [1.29, 1.82) is 0 Å². The van der Waals surface area contributed by atoms with Crippen molar-refractivity contribution in [1.82, 2.24) is 9.88 Å². The summed E-state index contributed by atoms with van der Waals surface area (Å²) in [7, 11) is 4.11. The van der Waals surface area contributed by atoms with E-state index in [9.17, 15) is 0 Å². The zero-order valence-corrected chi connectivity index (χ0v) is 15.3. The van der Waals surface area contributed by atoms with E-state index < -0.39 is 0 Å². The number of nitrogens with one attached hydrogen (secondary N) is 1. The predicted molar refractivity (Wildman–Crippen MR) is 105 cm³/mol. The molecule has 2 atom stereocenters. The summed E-state index contributed by atoms with van der Waals surface area (Å²) in [5, 5.41) is 3.73. The molecule has 1 aromatic heterocycles. The molecule has 2 heterocycles. The lowest BCUT2D eigenvalue weighted by atomic mass is 9.92. The first-order valence-corrected chi connectivity index (χ1v) is 8.93. The van der Waals surface area contributed by atoms with Crippen LogP contribution in [0.1, 0.15) is 31.0 Å². The first kappa shape index (κ1) is 16.2. The van der Waals surface area contributed by atoms with E-state index in [1.165, 1.54) is 32.9 Å². The second-order valence-corrected chi connectivity index (χ2v) is 7.28. The van der Waals surface area contributed by atoms with Crippen LogP contribution < -0.4 is 4.74 Å². The molecule has 25 heavy (non-hydrogen) atoms. The SMILES string of the molecule is CC1N=Cc2c([nH]c3ccc4cc(OCCN(C)C)ccc4c23)C1C. The molecule has 1 aliphatic heterocycles. The highest BCUT2D eigenvalue weighted by atomic mass is 16.5. The Kier molecular flexibility index (Phi) is 4.00. The Morgan fingerprint density at radius 1 is 1.16 bits per heavy atom. The fraction of sp³-hybridized carbons (Fsp3) is 0.381. The number of aliphatic imine (C=N–C) groups is 1. The molecule has 0 bridgehead atoms. The van der Waals surface area contributed by atoms with E-state index in [1.54, 1.807) is 0 Å².